The Morgan fingerprint density at radius 1 is 1.18 bits per heavy atom. The van der Waals surface area contributed by atoms with Gasteiger partial charge in [0.15, 0.2) is 0 Å². The quantitative estimate of drug-likeness (QED) is 0.434. The van der Waals surface area contributed by atoms with E-state index in [1.165, 1.54) is 12.3 Å². The maximum Gasteiger partial charge on any atom is 0.264 e. The van der Waals surface area contributed by atoms with Crippen LogP contribution in [-0.2, 0) is 21.2 Å². The normalized spacial score (nSPS) is 13.0. The zero-order valence-electron chi connectivity index (χ0n) is 18.3. The van der Waals surface area contributed by atoms with Crippen molar-refractivity contribution in [2.45, 2.75) is 31.1 Å². The molecule has 1 aliphatic heterocycles. The Morgan fingerprint density at radius 3 is 2.76 bits per heavy atom. The molecular formula is C23H22Cl2N4O4S. The van der Waals surface area contributed by atoms with Crippen LogP contribution in [0.5, 0.6) is 5.75 Å². The summed E-state index contributed by atoms with van der Waals surface area (Å²) in [5.41, 5.74) is 2.17. The number of sulfonamides is 1. The molecule has 11 heteroatoms. The van der Waals surface area contributed by atoms with Crippen molar-refractivity contribution in [3.63, 3.8) is 0 Å². The van der Waals surface area contributed by atoms with Crippen LogP contribution in [0.15, 0.2) is 53.6 Å². The molecule has 1 aromatic heterocycles. The first-order valence-electron chi connectivity index (χ1n) is 10.6. The number of benzene rings is 2. The van der Waals surface area contributed by atoms with Crippen LogP contribution < -0.4 is 14.4 Å². The molecule has 0 atom stereocenters. The number of hydrogen-bond acceptors (Lipinski definition) is 6. The summed E-state index contributed by atoms with van der Waals surface area (Å²) in [6, 6.07) is 11.4. The molecule has 0 unspecified atom stereocenters. The molecule has 0 saturated heterocycles. The molecule has 0 spiro atoms. The predicted octanol–water partition coefficient (Wildman–Crippen LogP) is 4.64. The summed E-state index contributed by atoms with van der Waals surface area (Å²) in [6.45, 7) is 2.58. The van der Waals surface area contributed by atoms with Gasteiger partial charge in [0.1, 0.15) is 5.75 Å². The highest BCUT2D eigenvalue weighted by molar-refractivity contribution is 7.92. The van der Waals surface area contributed by atoms with Gasteiger partial charge in [0.2, 0.25) is 11.9 Å². The number of carbonyl (C=O) groups excluding carboxylic acids is 1. The van der Waals surface area contributed by atoms with Gasteiger partial charge < -0.3 is 9.64 Å². The highest BCUT2D eigenvalue weighted by atomic mass is 35.5. The fraction of sp³-hybridized carbons (Fsp3) is 0.261. The van der Waals surface area contributed by atoms with Gasteiger partial charge in [-0.25, -0.2) is 23.1 Å². The number of anilines is 2. The average Bonchev–Trinajstić information content (AvgIpc) is 3.21. The Bertz CT molecular complexity index is 1330. The molecule has 0 aliphatic carbocycles. The first kappa shape index (κ1) is 24.3. The number of rotatable bonds is 8. The van der Waals surface area contributed by atoms with Crippen molar-refractivity contribution in [1.29, 1.82) is 0 Å². The first-order valence-corrected chi connectivity index (χ1v) is 12.8. The van der Waals surface area contributed by atoms with Crippen LogP contribution in [0.25, 0.3) is 0 Å². The molecule has 178 valence electrons. The van der Waals surface area contributed by atoms with Crippen LogP contribution in [0.4, 0.5) is 11.6 Å². The number of halogens is 2. The van der Waals surface area contributed by atoms with Gasteiger partial charge in [-0.15, -0.1) is 0 Å². The number of ether oxygens (including phenoxy) is 1. The number of nitrogens with zero attached hydrogens (tertiary/aromatic N) is 3. The van der Waals surface area contributed by atoms with Crippen molar-refractivity contribution in [1.82, 2.24) is 9.97 Å². The zero-order valence-corrected chi connectivity index (χ0v) is 20.6. The molecule has 0 bridgehead atoms. The fourth-order valence-electron chi connectivity index (χ4n) is 3.61. The lowest BCUT2D eigenvalue weighted by atomic mass is 10.2. The molecule has 4 rings (SSSR count). The molecule has 1 aliphatic rings. The molecule has 2 aromatic carbocycles. The van der Waals surface area contributed by atoms with E-state index in [0.717, 1.165) is 11.3 Å². The number of amides is 1. The van der Waals surface area contributed by atoms with Crippen molar-refractivity contribution in [2.75, 3.05) is 22.8 Å². The molecule has 0 saturated carbocycles. The summed E-state index contributed by atoms with van der Waals surface area (Å²) in [5.74, 6) is 0.481. The van der Waals surface area contributed by atoms with Gasteiger partial charge in [-0.3, -0.25) is 4.79 Å². The van der Waals surface area contributed by atoms with Crippen LogP contribution in [-0.4, -0.2) is 37.4 Å². The number of aromatic nitrogens is 2. The van der Waals surface area contributed by atoms with Gasteiger partial charge in [-0.05, 0) is 67.8 Å². The van der Waals surface area contributed by atoms with Crippen LogP contribution in [0.2, 0.25) is 10.0 Å². The molecule has 1 amide bonds. The van der Waals surface area contributed by atoms with Crippen molar-refractivity contribution in [3.05, 3.63) is 70.0 Å². The fourth-order valence-corrected chi connectivity index (χ4v) is 5.08. The highest BCUT2D eigenvalue weighted by Crippen LogP contribution is 2.31. The monoisotopic (exact) mass is 520 g/mol. The molecule has 1 N–H and O–H groups in total. The lowest BCUT2D eigenvalue weighted by Gasteiger charge is -2.18. The Morgan fingerprint density at radius 2 is 2.00 bits per heavy atom. The molecule has 34 heavy (non-hydrogen) atoms. The van der Waals surface area contributed by atoms with Gasteiger partial charge in [0.25, 0.3) is 10.0 Å². The average molecular weight is 521 g/mol. The van der Waals surface area contributed by atoms with Crippen molar-refractivity contribution >= 4 is 50.8 Å². The number of nitrogens with one attached hydrogen (secondary N) is 1. The number of fused-ring (bicyclic) bond motifs is 1. The van der Waals surface area contributed by atoms with Crippen molar-refractivity contribution in [3.8, 4) is 5.75 Å². The highest BCUT2D eigenvalue weighted by Gasteiger charge is 2.26. The summed E-state index contributed by atoms with van der Waals surface area (Å²) in [5, 5.41) is 0.942. The van der Waals surface area contributed by atoms with Gasteiger partial charge in [0.05, 0.1) is 16.5 Å². The van der Waals surface area contributed by atoms with E-state index in [1.54, 1.807) is 48.2 Å². The summed E-state index contributed by atoms with van der Waals surface area (Å²) < 4.78 is 33.6. The molecule has 0 radical (unpaired) electrons. The Balaban J connectivity index is 1.36. The van der Waals surface area contributed by atoms with Crippen LogP contribution in [0.1, 0.15) is 24.1 Å². The van der Waals surface area contributed by atoms with E-state index in [-0.39, 0.29) is 23.2 Å². The number of aryl methyl sites for hydroxylation is 1. The third-order valence-corrected chi connectivity index (χ3v) is 7.12. The van der Waals surface area contributed by atoms with Gasteiger partial charge in [-0.2, -0.15) is 0 Å². The summed E-state index contributed by atoms with van der Waals surface area (Å²) in [4.78, 5) is 22.6. The smallest absolute Gasteiger partial charge is 0.264 e. The summed E-state index contributed by atoms with van der Waals surface area (Å²) >= 11 is 12.0. The third kappa shape index (κ3) is 5.60. The molecular weight excluding hydrogens is 499 g/mol. The van der Waals surface area contributed by atoms with E-state index < -0.39 is 10.0 Å². The Kier molecular flexibility index (Phi) is 7.25. The minimum absolute atomic E-state index is 0.0133. The maximum atomic E-state index is 12.8. The number of hydrogen-bond donors (Lipinski definition) is 1. The second-order valence-electron chi connectivity index (χ2n) is 7.74. The lowest BCUT2D eigenvalue weighted by Crippen LogP contribution is -2.29. The van der Waals surface area contributed by atoms with Crippen LogP contribution in [0.3, 0.4) is 0 Å². The third-order valence-electron chi connectivity index (χ3n) is 5.26. The second-order valence-corrected chi connectivity index (χ2v) is 10.3. The van der Waals surface area contributed by atoms with E-state index >= 15 is 0 Å². The van der Waals surface area contributed by atoms with E-state index in [9.17, 15) is 13.2 Å². The van der Waals surface area contributed by atoms with E-state index in [4.69, 9.17) is 27.9 Å². The topological polar surface area (TPSA) is 101 Å². The minimum Gasteiger partial charge on any atom is -0.492 e. The Hall–Kier alpha value is -2.88. The van der Waals surface area contributed by atoms with Gasteiger partial charge in [0, 0.05) is 35.6 Å². The molecule has 3 aromatic rings. The van der Waals surface area contributed by atoms with Crippen LogP contribution >= 0.6 is 23.2 Å². The Labute approximate surface area is 207 Å². The van der Waals surface area contributed by atoms with E-state index in [1.807, 2.05) is 0 Å². The van der Waals surface area contributed by atoms with Crippen LogP contribution in [0, 0.1) is 6.92 Å². The second kappa shape index (κ2) is 10.2. The summed E-state index contributed by atoms with van der Waals surface area (Å²) in [7, 11) is -3.85. The lowest BCUT2D eigenvalue weighted by molar-refractivity contribution is -0.118. The zero-order chi connectivity index (χ0) is 24.3. The molecule has 2 heterocycles. The largest absolute Gasteiger partial charge is 0.492 e. The van der Waals surface area contributed by atoms with Crippen molar-refractivity contribution in [2.24, 2.45) is 0 Å². The molecule has 0 fully saturated rings. The van der Waals surface area contributed by atoms with Crippen molar-refractivity contribution < 1.29 is 17.9 Å². The van der Waals surface area contributed by atoms with Gasteiger partial charge in [-0.1, -0.05) is 23.2 Å². The minimum atomic E-state index is -3.85. The SMILES string of the molecule is Cc1ccnc(NS(=O)(=O)c2ccc3c(c2)CCN3C(=O)CCCOc2ccc(Cl)cc2Cl)n1. The molecule has 8 nitrogen and oxygen atoms in total. The summed E-state index contributed by atoms with van der Waals surface area (Å²) in [6.07, 6.45) is 2.86. The number of carbonyl (C=O) groups is 1. The van der Waals surface area contributed by atoms with Gasteiger partial charge >= 0.3 is 0 Å². The standard InChI is InChI=1S/C23H22Cl2N4O4S/c1-15-8-10-26-23(27-15)28-34(31,32)18-5-6-20-16(13-18)9-11-29(20)22(30)3-2-12-33-21-7-4-17(24)14-19(21)25/h4-8,10,13-14H,2-3,9,11-12H2,1H3,(H,26,27,28). The van der Waals surface area contributed by atoms with E-state index in [0.29, 0.717) is 47.5 Å². The van der Waals surface area contributed by atoms with E-state index in [2.05, 4.69) is 14.7 Å². The first-order chi connectivity index (χ1) is 16.2. The predicted molar refractivity (Wildman–Crippen MR) is 131 cm³/mol. The maximum absolute atomic E-state index is 12.8.